The molecule has 4 nitrogen and oxygen atoms in total. The van der Waals surface area contributed by atoms with E-state index in [0.717, 1.165) is 41.3 Å². The number of nitrogens with zero attached hydrogens (tertiary/aromatic N) is 2. The fraction of sp³-hybridized carbons (Fsp3) is 0.208. The lowest BCUT2D eigenvalue weighted by atomic mass is 10.1. The van der Waals surface area contributed by atoms with Gasteiger partial charge in [-0.05, 0) is 55.3 Å². The van der Waals surface area contributed by atoms with Gasteiger partial charge in [0, 0.05) is 12.1 Å². The predicted octanol–water partition coefficient (Wildman–Crippen LogP) is 5.49. The molecule has 0 aliphatic carbocycles. The van der Waals surface area contributed by atoms with Crippen LogP contribution in [0.25, 0.3) is 22.4 Å². The number of methoxy groups -OCH3 is 1. The van der Waals surface area contributed by atoms with Crippen molar-refractivity contribution in [3.05, 3.63) is 78.4 Å². The molecule has 0 saturated carbocycles. The van der Waals surface area contributed by atoms with Crippen LogP contribution in [0.4, 0.5) is 0 Å². The van der Waals surface area contributed by atoms with Crippen molar-refractivity contribution < 1.29 is 9.47 Å². The minimum atomic E-state index is 0.645. The van der Waals surface area contributed by atoms with Gasteiger partial charge in [-0.15, -0.1) is 0 Å². The molecular weight excluding hydrogens is 348 g/mol. The molecule has 4 rings (SSSR count). The van der Waals surface area contributed by atoms with Gasteiger partial charge in [-0.3, -0.25) is 0 Å². The quantitative estimate of drug-likeness (QED) is 0.403. The Hall–Kier alpha value is -3.27. The van der Waals surface area contributed by atoms with Gasteiger partial charge < -0.3 is 14.0 Å². The molecule has 142 valence electrons. The molecule has 3 aromatic carbocycles. The molecule has 0 unspecified atom stereocenters. The highest BCUT2D eigenvalue weighted by atomic mass is 16.5. The lowest BCUT2D eigenvalue weighted by Gasteiger charge is -2.12. The fourth-order valence-corrected chi connectivity index (χ4v) is 3.42. The van der Waals surface area contributed by atoms with Crippen LogP contribution in [0, 0.1) is 6.92 Å². The standard InChI is InChI=1S/C24H24N2O2/c1-18-8-3-4-9-21(18)24-25-22-10-5-6-11-23(22)26(24)16-7-17-28-20-14-12-19(27-2)13-15-20/h3-6,8-15H,7,16-17H2,1-2H3. The zero-order valence-corrected chi connectivity index (χ0v) is 16.3. The van der Waals surface area contributed by atoms with E-state index in [1.807, 2.05) is 30.3 Å². The summed E-state index contributed by atoms with van der Waals surface area (Å²) < 4.78 is 13.4. The zero-order valence-electron chi connectivity index (χ0n) is 16.3. The van der Waals surface area contributed by atoms with Crippen LogP contribution < -0.4 is 9.47 Å². The molecule has 0 N–H and O–H groups in total. The molecule has 0 radical (unpaired) electrons. The average molecular weight is 372 g/mol. The van der Waals surface area contributed by atoms with Crippen molar-refractivity contribution in [3.63, 3.8) is 0 Å². The van der Waals surface area contributed by atoms with Crippen molar-refractivity contribution >= 4 is 11.0 Å². The Kier molecular flexibility index (Phi) is 5.29. The molecule has 4 aromatic rings. The SMILES string of the molecule is COc1ccc(OCCCn2c(-c3ccccc3C)nc3ccccc32)cc1. The zero-order chi connectivity index (χ0) is 19.3. The summed E-state index contributed by atoms with van der Waals surface area (Å²) in [5.74, 6) is 2.71. The topological polar surface area (TPSA) is 36.3 Å². The van der Waals surface area contributed by atoms with Crippen molar-refractivity contribution in [1.82, 2.24) is 9.55 Å². The van der Waals surface area contributed by atoms with E-state index in [1.165, 1.54) is 11.1 Å². The largest absolute Gasteiger partial charge is 0.497 e. The summed E-state index contributed by atoms with van der Waals surface area (Å²) in [7, 11) is 1.66. The smallest absolute Gasteiger partial charge is 0.141 e. The van der Waals surface area contributed by atoms with Gasteiger partial charge in [0.15, 0.2) is 0 Å². The number of ether oxygens (including phenoxy) is 2. The van der Waals surface area contributed by atoms with Gasteiger partial charge in [0.1, 0.15) is 17.3 Å². The van der Waals surface area contributed by atoms with E-state index in [1.54, 1.807) is 7.11 Å². The molecule has 28 heavy (non-hydrogen) atoms. The average Bonchev–Trinajstić information content (AvgIpc) is 3.10. The number of imidazole rings is 1. The molecule has 1 aromatic heterocycles. The number of benzene rings is 3. The van der Waals surface area contributed by atoms with Crippen LogP contribution in [0.2, 0.25) is 0 Å². The number of rotatable bonds is 7. The predicted molar refractivity (Wildman–Crippen MR) is 113 cm³/mol. The summed E-state index contributed by atoms with van der Waals surface area (Å²) in [5.41, 5.74) is 4.59. The van der Waals surface area contributed by atoms with E-state index in [0.29, 0.717) is 6.61 Å². The first-order chi connectivity index (χ1) is 13.8. The van der Waals surface area contributed by atoms with E-state index in [4.69, 9.17) is 14.5 Å². The number of aryl methyl sites for hydroxylation is 2. The molecular formula is C24H24N2O2. The second-order valence-corrected chi connectivity index (χ2v) is 6.77. The van der Waals surface area contributed by atoms with Crippen molar-refractivity contribution in [2.24, 2.45) is 0 Å². The Morgan fingerprint density at radius 3 is 2.36 bits per heavy atom. The van der Waals surface area contributed by atoms with Crippen LogP contribution in [0.1, 0.15) is 12.0 Å². The maximum absolute atomic E-state index is 5.90. The lowest BCUT2D eigenvalue weighted by Crippen LogP contribution is -2.06. The third-order valence-electron chi connectivity index (χ3n) is 4.89. The van der Waals surface area contributed by atoms with Crippen molar-refractivity contribution in [2.45, 2.75) is 19.9 Å². The molecule has 0 saturated heterocycles. The Labute approximate surface area is 165 Å². The molecule has 4 heteroatoms. The molecule has 1 heterocycles. The third kappa shape index (κ3) is 3.72. The van der Waals surface area contributed by atoms with E-state index < -0.39 is 0 Å². The van der Waals surface area contributed by atoms with Crippen LogP contribution in [-0.2, 0) is 6.54 Å². The third-order valence-corrected chi connectivity index (χ3v) is 4.89. The first-order valence-corrected chi connectivity index (χ1v) is 9.54. The van der Waals surface area contributed by atoms with Gasteiger partial charge >= 0.3 is 0 Å². The minimum absolute atomic E-state index is 0.645. The first kappa shape index (κ1) is 18.1. The van der Waals surface area contributed by atoms with Crippen molar-refractivity contribution in [2.75, 3.05) is 13.7 Å². The second-order valence-electron chi connectivity index (χ2n) is 6.77. The lowest BCUT2D eigenvalue weighted by molar-refractivity contribution is 0.302. The van der Waals surface area contributed by atoms with E-state index in [9.17, 15) is 0 Å². The summed E-state index contributed by atoms with van der Waals surface area (Å²) in [6.07, 6.45) is 0.894. The Morgan fingerprint density at radius 1 is 0.857 bits per heavy atom. The van der Waals surface area contributed by atoms with E-state index in [-0.39, 0.29) is 0 Å². The van der Waals surface area contributed by atoms with Crippen LogP contribution in [0.5, 0.6) is 11.5 Å². The van der Waals surface area contributed by atoms with Crippen LogP contribution in [-0.4, -0.2) is 23.3 Å². The van der Waals surface area contributed by atoms with Gasteiger partial charge in [-0.2, -0.15) is 0 Å². The van der Waals surface area contributed by atoms with Gasteiger partial charge in [-0.25, -0.2) is 4.98 Å². The minimum Gasteiger partial charge on any atom is -0.497 e. The molecule has 0 spiro atoms. The molecule has 0 aliphatic heterocycles. The maximum atomic E-state index is 5.90. The van der Waals surface area contributed by atoms with Crippen LogP contribution in [0.15, 0.2) is 72.8 Å². The Bertz CT molecular complexity index is 1070. The number of aromatic nitrogens is 2. The monoisotopic (exact) mass is 372 g/mol. The first-order valence-electron chi connectivity index (χ1n) is 9.54. The molecule has 0 amide bonds. The molecule has 0 bridgehead atoms. The Morgan fingerprint density at radius 2 is 1.57 bits per heavy atom. The highest BCUT2D eigenvalue weighted by molar-refractivity contribution is 5.81. The highest BCUT2D eigenvalue weighted by Crippen LogP contribution is 2.27. The number of hydrogen-bond donors (Lipinski definition) is 0. The normalized spacial score (nSPS) is 10.9. The Balaban J connectivity index is 1.52. The summed E-state index contributed by atoms with van der Waals surface area (Å²) in [6.45, 7) is 3.62. The summed E-state index contributed by atoms with van der Waals surface area (Å²) >= 11 is 0. The van der Waals surface area contributed by atoms with Crippen molar-refractivity contribution in [1.29, 1.82) is 0 Å². The van der Waals surface area contributed by atoms with Gasteiger partial charge in [0.25, 0.3) is 0 Å². The summed E-state index contributed by atoms with van der Waals surface area (Å²) in [4.78, 5) is 4.91. The van der Waals surface area contributed by atoms with E-state index in [2.05, 4.69) is 54.0 Å². The van der Waals surface area contributed by atoms with Crippen molar-refractivity contribution in [3.8, 4) is 22.9 Å². The molecule has 0 atom stereocenters. The molecule has 0 aliphatic rings. The number of para-hydroxylation sites is 2. The van der Waals surface area contributed by atoms with Crippen LogP contribution >= 0.6 is 0 Å². The fourth-order valence-electron chi connectivity index (χ4n) is 3.42. The van der Waals surface area contributed by atoms with Gasteiger partial charge in [0.05, 0.1) is 24.8 Å². The highest BCUT2D eigenvalue weighted by Gasteiger charge is 2.13. The molecule has 0 fully saturated rings. The maximum Gasteiger partial charge on any atom is 0.141 e. The van der Waals surface area contributed by atoms with E-state index >= 15 is 0 Å². The van der Waals surface area contributed by atoms with Crippen LogP contribution in [0.3, 0.4) is 0 Å². The number of hydrogen-bond acceptors (Lipinski definition) is 3. The summed E-state index contributed by atoms with van der Waals surface area (Å²) in [6, 6.07) is 24.4. The number of fused-ring (bicyclic) bond motifs is 1. The van der Waals surface area contributed by atoms with Gasteiger partial charge in [0.2, 0.25) is 0 Å². The summed E-state index contributed by atoms with van der Waals surface area (Å²) in [5, 5.41) is 0. The van der Waals surface area contributed by atoms with Gasteiger partial charge in [-0.1, -0.05) is 36.4 Å². The second kappa shape index (κ2) is 8.17.